The van der Waals surface area contributed by atoms with E-state index in [0.717, 1.165) is 26.6 Å². The second-order valence-corrected chi connectivity index (χ2v) is 10.3. The van der Waals surface area contributed by atoms with Gasteiger partial charge in [0.05, 0.1) is 12.0 Å². The summed E-state index contributed by atoms with van der Waals surface area (Å²) in [6, 6.07) is 18.1. The lowest BCUT2D eigenvalue weighted by Gasteiger charge is -1.98. The maximum absolute atomic E-state index is 12.3. The number of H-pyrrole nitrogens is 2. The van der Waals surface area contributed by atoms with Crippen LogP contribution in [-0.2, 0) is 10.5 Å². The molecule has 0 unspecified atom stereocenters. The molecule has 3 aromatic heterocycles. The van der Waals surface area contributed by atoms with Crippen molar-refractivity contribution in [3.8, 4) is 0 Å². The van der Waals surface area contributed by atoms with Crippen LogP contribution in [0, 0.1) is 0 Å². The molecule has 5 aromatic rings. The molecular formula is C22H19N9OS3. The van der Waals surface area contributed by atoms with Crippen LogP contribution in [0.1, 0.15) is 11.1 Å². The SMILES string of the molecule is O=C(CSc1n[nH]c(NN=Cc2c[nH]c3ccccc23)n1)Nc1nnc(SCc2ccccc2)s1. The van der Waals surface area contributed by atoms with E-state index >= 15 is 0 Å². The Morgan fingerprint density at radius 2 is 1.94 bits per heavy atom. The fourth-order valence-electron chi connectivity index (χ4n) is 3.05. The molecule has 3 heterocycles. The highest BCUT2D eigenvalue weighted by atomic mass is 32.2. The van der Waals surface area contributed by atoms with Gasteiger partial charge in [-0.25, -0.2) is 10.5 Å². The highest BCUT2D eigenvalue weighted by Gasteiger charge is 2.11. The normalized spacial score (nSPS) is 11.3. The second-order valence-electron chi connectivity index (χ2n) is 7.11. The van der Waals surface area contributed by atoms with E-state index < -0.39 is 0 Å². The molecule has 35 heavy (non-hydrogen) atoms. The van der Waals surface area contributed by atoms with Gasteiger partial charge in [-0.05, 0) is 11.6 Å². The zero-order valence-corrected chi connectivity index (χ0v) is 20.6. The molecule has 0 bridgehead atoms. The van der Waals surface area contributed by atoms with Crippen molar-refractivity contribution in [1.82, 2.24) is 30.4 Å². The lowest BCUT2D eigenvalue weighted by molar-refractivity contribution is -0.113. The van der Waals surface area contributed by atoms with Crippen molar-refractivity contribution in [3.63, 3.8) is 0 Å². The summed E-state index contributed by atoms with van der Waals surface area (Å²) in [5.41, 5.74) is 6.02. The number of hydrogen-bond donors (Lipinski definition) is 4. The maximum Gasteiger partial charge on any atom is 0.240 e. The Hall–Kier alpha value is -3.68. The van der Waals surface area contributed by atoms with Crippen LogP contribution in [-0.4, -0.2) is 48.2 Å². The first-order chi connectivity index (χ1) is 17.2. The molecular weight excluding hydrogens is 503 g/mol. The van der Waals surface area contributed by atoms with Gasteiger partial charge in [0.15, 0.2) is 4.34 Å². The first-order valence-electron chi connectivity index (χ1n) is 10.4. The lowest BCUT2D eigenvalue weighted by atomic mass is 10.2. The van der Waals surface area contributed by atoms with E-state index in [1.54, 1.807) is 18.0 Å². The summed E-state index contributed by atoms with van der Waals surface area (Å²) >= 11 is 4.14. The molecule has 10 nitrogen and oxygen atoms in total. The van der Waals surface area contributed by atoms with Crippen LogP contribution in [0.15, 0.2) is 75.4 Å². The van der Waals surface area contributed by atoms with E-state index in [-0.39, 0.29) is 11.7 Å². The number of carbonyl (C=O) groups is 1. The Kier molecular flexibility index (Phi) is 7.36. The van der Waals surface area contributed by atoms with E-state index in [1.807, 2.05) is 48.7 Å². The number of carbonyl (C=O) groups excluding carboxylic acids is 1. The van der Waals surface area contributed by atoms with Gasteiger partial charge < -0.3 is 4.98 Å². The molecule has 176 valence electrons. The zero-order chi connectivity index (χ0) is 23.9. The molecule has 2 aromatic carbocycles. The van der Waals surface area contributed by atoms with Gasteiger partial charge in [-0.2, -0.15) is 10.1 Å². The number of amides is 1. The van der Waals surface area contributed by atoms with Crippen LogP contribution in [0.2, 0.25) is 0 Å². The number of nitrogens with zero attached hydrogens (tertiary/aromatic N) is 5. The van der Waals surface area contributed by atoms with Gasteiger partial charge >= 0.3 is 0 Å². The smallest absolute Gasteiger partial charge is 0.240 e. The topological polar surface area (TPSA) is 137 Å². The van der Waals surface area contributed by atoms with Crippen LogP contribution < -0.4 is 10.7 Å². The van der Waals surface area contributed by atoms with E-state index in [4.69, 9.17) is 0 Å². The minimum atomic E-state index is -0.206. The number of fused-ring (bicyclic) bond motifs is 1. The highest BCUT2D eigenvalue weighted by Crippen LogP contribution is 2.28. The standard InChI is InChI=1S/C22H19N9OS3/c32-18(25-21-30-31-22(35-21)34-12-14-6-2-1-3-7-14)13-33-20-26-19(28-29-20)27-24-11-15-10-23-17-9-5-4-8-16(15)17/h1-11,23H,12-13H2,(H,25,30,32)(H2,26,27,28,29). The average molecular weight is 522 g/mol. The predicted molar refractivity (Wildman–Crippen MR) is 141 cm³/mol. The number of aromatic amines is 2. The Balaban J connectivity index is 1.06. The van der Waals surface area contributed by atoms with E-state index in [2.05, 4.69) is 58.3 Å². The highest BCUT2D eigenvalue weighted by molar-refractivity contribution is 8.00. The zero-order valence-electron chi connectivity index (χ0n) is 18.1. The molecule has 5 rings (SSSR count). The van der Waals surface area contributed by atoms with E-state index in [1.165, 1.54) is 28.7 Å². The number of anilines is 2. The molecule has 0 aliphatic heterocycles. The largest absolute Gasteiger partial charge is 0.361 e. The van der Waals surface area contributed by atoms with Crippen molar-refractivity contribution in [3.05, 3.63) is 71.9 Å². The van der Waals surface area contributed by atoms with Crippen molar-refractivity contribution < 1.29 is 4.79 Å². The Morgan fingerprint density at radius 3 is 2.86 bits per heavy atom. The number of para-hydroxylation sites is 1. The minimum absolute atomic E-state index is 0.141. The molecule has 0 aliphatic rings. The number of nitrogens with one attached hydrogen (secondary N) is 4. The summed E-state index contributed by atoms with van der Waals surface area (Å²) in [5.74, 6) is 1.12. The van der Waals surface area contributed by atoms with Crippen LogP contribution >= 0.6 is 34.9 Å². The van der Waals surface area contributed by atoms with Crippen molar-refractivity contribution in [1.29, 1.82) is 0 Å². The first kappa shape index (κ1) is 23.1. The number of benzene rings is 2. The molecule has 13 heteroatoms. The second kappa shape index (κ2) is 11.2. The van der Waals surface area contributed by atoms with Crippen molar-refractivity contribution in [2.45, 2.75) is 15.2 Å². The molecule has 4 N–H and O–H groups in total. The Bertz CT molecular complexity index is 1440. The third-order valence-corrected chi connectivity index (χ3v) is 7.54. The van der Waals surface area contributed by atoms with Crippen LogP contribution in [0.4, 0.5) is 11.1 Å². The van der Waals surface area contributed by atoms with Gasteiger partial charge in [0.1, 0.15) is 0 Å². The monoisotopic (exact) mass is 521 g/mol. The summed E-state index contributed by atoms with van der Waals surface area (Å²) in [4.78, 5) is 19.8. The number of hydrazone groups is 1. The van der Waals surface area contributed by atoms with Gasteiger partial charge in [-0.3, -0.25) is 10.1 Å². The molecule has 1 amide bonds. The van der Waals surface area contributed by atoms with Gasteiger partial charge in [0, 0.05) is 28.4 Å². The molecule has 0 atom stereocenters. The molecule has 0 saturated heterocycles. The predicted octanol–water partition coefficient (Wildman–Crippen LogP) is 4.61. The summed E-state index contributed by atoms with van der Waals surface area (Å²) in [6.45, 7) is 0. The molecule has 0 saturated carbocycles. The van der Waals surface area contributed by atoms with Crippen LogP contribution in [0.3, 0.4) is 0 Å². The summed E-state index contributed by atoms with van der Waals surface area (Å²) in [6.07, 6.45) is 3.59. The van der Waals surface area contributed by atoms with Crippen molar-refractivity contribution in [2.24, 2.45) is 5.10 Å². The quantitative estimate of drug-likeness (QED) is 0.0905. The minimum Gasteiger partial charge on any atom is -0.361 e. The molecule has 0 spiro atoms. The third kappa shape index (κ3) is 6.26. The van der Waals surface area contributed by atoms with Gasteiger partial charge in [0.25, 0.3) is 0 Å². The molecule has 0 fully saturated rings. The summed E-state index contributed by atoms with van der Waals surface area (Å²) in [5, 5.41) is 24.0. The lowest BCUT2D eigenvalue weighted by Crippen LogP contribution is -2.13. The number of rotatable bonds is 10. The van der Waals surface area contributed by atoms with Crippen LogP contribution in [0.5, 0.6) is 0 Å². The number of aromatic nitrogens is 6. The number of hydrogen-bond acceptors (Lipinski definition) is 10. The van der Waals surface area contributed by atoms with E-state index in [0.29, 0.717) is 16.2 Å². The fraction of sp³-hybridized carbons (Fsp3) is 0.0909. The number of thioether (sulfide) groups is 2. The Morgan fingerprint density at radius 1 is 1.09 bits per heavy atom. The summed E-state index contributed by atoms with van der Waals surface area (Å²) < 4.78 is 0.801. The van der Waals surface area contributed by atoms with Gasteiger partial charge in [0.2, 0.25) is 22.1 Å². The van der Waals surface area contributed by atoms with Crippen molar-refractivity contribution in [2.75, 3.05) is 16.5 Å². The van der Waals surface area contributed by atoms with Crippen molar-refractivity contribution >= 4 is 69.0 Å². The maximum atomic E-state index is 12.3. The average Bonchev–Trinajstić information content (AvgIpc) is 3.63. The fourth-order valence-corrected chi connectivity index (χ4v) is 5.37. The van der Waals surface area contributed by atoms with Gasteiger partial charge in [-0.1, -0.05) is 83.4 Å². The van der Waals surface area contributed by atoms with Crippen LogP contribution in [0.25, 0.3) is 10.9 Å². The summed E-state index contributed by atoms with van der Waals surface area (Å²) in [7, 11) is 0. The Labute approximate surface area is 212 Å². The van der Waals surface area contributed by atoms with Gasteiger partial charge in [-0.15, -0.1) is 15.3 Å². The first-order valence-corrected chi connectivity index (χ1v) is 13.2. The molecule has 0 aliphatic carbocycles. The third-order valence-electron chi connectivity index (χ3n) is 4.65. The molecule has 0 radical (unpaired) electrons. The van der Waals surface area contributed by atoms with E-state index in [9.17, 15) is 4.79 Å².